The average Bonchev–Trinajstić information content (AvgIpc) is 2.55. The van der Waals surface area contributed by atoms with Crippen LogP contribution in [-0.2, 0) is 13.2 Å². The van der Waals surface area contributed by atoms with E-state index in [1.807, 2.05) is 12.1 Å². The van der Waals surface area contributed by atoms with Crippen molar-refractivity contribution >= 4 is 0 Å². The molecule has 0 fully saturated rings. The minimum absolute atomic E-state index is 0.0669. The Morgan fingerprint density at radius 1 is 0.800 bits per heavy atom. The maximum atomic E-state index is 8.61. The van der Waals surface area contributed by atoms with E-state index in [-0.39, 0.29) is 13.2 Å². The zero-order chi connectivity index (χ0) is 14.8. The fourth-order valence-corrected chi connectivity index (χ4v) is 1.27. The minimum Gasteiger partial charge on any atom is -0.392 e. The van der Waals surface area contributed by atoms with Gasteiger partial charge in [-0.05, 0) is 23.3 Å². The van der Waals surface area contributed by atoms with Gasteiger partial charge in [0.25, 0.3) is 0 Å². The van der Waals surface area contributed by atoms with Crippen LogP contribution in [0.1, 0.15) is 22.3 Å². The number of aliphatic hydroxyl groups excluding tert-OH is 2. The van der Waals surface area contributed by atoms with Gasteiger partial charge >= 0.3 is 0 Å². The molecule has 0 saturated heterocycles. The normalized spacial score (nSPS) is 8.80. The maximum absolute atomic E-state index is 8.61. The van der Waals surface area contributed by atoms with E-state index in [1.165, 1.54) is 24.8 Å². The van der Waals surface area contributed by atoms with Crippen molar-refractivity contribution in [2.24, 2.45) is 0 Å². The van der Waals surface area contributed by atoms with Crippen molar-refractivity contribution in [3.63, 3.8) is 0 Å². The van der Waals surface area contributed by atoms with Gasteiger partial charge in [0.1, 0.15) is 12.1 Å². The Morgan fingerprint density at radius 2 is 1.20 bits per heavy atom. The van der Waals surface area contributed by atoms with Gasteiger partial charge in [-0.2, -0.15) is 10.5 Å². The number of hydrogen-bond donors (Lipinski definition) is 2. The van der Waals surface area contributed by atoms with Crippen molar-refractivity contribution in [2.75, 3.05) is 0 Å². The molecule has 100 valence electrons. The summed E-state index contributed by atoms with van der Waals surface area (Å²) in [5.41, 5.74) is 2.29. The molecule has 0 aromatic carbocycles. The highest BCUT2D eigenvalue weighted by molar-refractivity contribution is 5.29. The van der Waals surface area contributed by atoms with E-state index in [9.17, 15) is 0 Å². The van der Waals surface area contributed by atoms with E-state index in [2.05, 4.69) is 9.97 Å². The number of pyridine rings is 2. The molecule has 2 rings (SSSR count). The minimum atomic E-state index is -0.0669. The SMILES string of the molecule is N#Cc1cncc(CO)c1.N#Cc1cncc(CO)c1. The first-order valence-corrected chi connectivity index (χ1v) is 5.63. The summed E-state index contributed by atoms with van der Waals surface area (Å²) in [7, 11) is 0. The van der Waals surface area contributed by atoms with Crippen LogP contribution in [0.5, 0.6) is 0 Å². The quantitative estimate of drug-likeness (QED) is 0.836. The smallest absolute Gasteiger partial charge is 0.101 e. The third-order valence-electron chi connectivity index (χ3n) is 2.21. The number of nitrogens with zero attached hydrogens (tertiary/aromatic N) is 4. The first kappa shape index (κ1) is 15.3. The monoisotopic (exact) mass is 268 g/mol. The van der Waals surface area contributed by atoms with Crippen LogP contribution in [0.2, 0.25) is 0 Å². The van der Waals surface area contributed by atoms with E-state index >= 15 is 0 Å². The molecule has 6 nitrogen and oxygen atoms in total. The molecule has 0 amide bonds. The molecule has 2 heterocycles. The average molecular weight is 268 g/mol. The molecular formula is C14H12N4O2. The highest BCUT2D eigenvalue weighted by atomic mass is 16.3. The van der Waals surface area contributed by atoms with Crippen molar-refractivity contribution in [1.29, 1.82) is 10.5 Å². The Labute approximate surface area is 116 Å². The van der Waals surface area contributed by atoms with Crippen LogP contribution in [0.25, 0.3) is 0 Å². The summed E-state index contributed by atoms with van der Waals surface area (Å²) in [6, 6.07) is 7.06. The van der Waals surface area contributed by atoms with Gasteiger partial charge < -0.3 is 10.2 Å². The molecule has 0 spiro atoms. The molecule has 0 saturated carbocycles. The van der Waals surface area contributed by atoms with Gasteiger partial charge in [0.05, 0.1) is 24.3 Å². The Bertz CT molecular complexity index is 587. The zero-order valence-corrected chi connectivity index (χ0v) is 10.6. The van der Waals surface area contributed by atoms with Crippen LogP contribution < -0.4 is 0 Å². The molecule has 0 aliphatic carbocycles. The van der Waals surface area contributed by atoms with Gasteiger partial charge in [-0.15, -0.1) is 0 Å². The standard InChI is InChI=1S/2C7H6N2O/c2*8-2-6-1-7(5-10)4-9-3-6/h2*1,3-4,10H,5H2. The van der Waals surface area contributed by atoms with E-state index in [0.717, 1.165) is 0 Å². The van der Waals surface area contributed by atoms with Crippen LogP contribution in [-0.4, -0.2) is 20.2 Å². The molecule has 0 unspecified atom stereocenters. The molecule has 0 atom stereocenters. The van der Waals surface area contributed by atoms with Crippen LogP contribution >= 0.6 is 0 Å². The number of rotatable bonds is 2. The molecule has 0 radical (unpaired) electrons. The van der Waals surface area contributed by atoms with Crippen LogP contribution in [0, 0.1) is 22.7 Å². The maximum Gasteiger partial charge on any atom is 0.101 e. The van der Waals surface area contributed by atoms with E-state index in [4.69, 9.17) is 20.7 Å². The first-order chi connectivity index (χ1) is 9.73. The molecule has 2 aromatic heterocycles. The number of aromatic nitrogens is 2. The van der Waals surface area contributed by atoms with E-state index < -0.39 is 0 Å². The van der Waals surface area contributed by atoms with E-state index in [0.29, 0.717) is 22.3 Å². The molecular weight excluding hydrogens is 256 g/mol. The summed E-state index contributed by atoms with van der Waals surface area (Å²) in [5.74, 6) is 0. The van der Waals surface area contributed by atoms with Crippen LogP contribution in [0.3, 0.4) is 0 Å². The lowest BCUT2D eigenvalue weighted by Gasteiger charge is -1.92. The topological polar surface area (TPSA) is 114 Å². The summed E-state index contributed by atoms with van der Waals surface area (Å²) >= 11 is 0. The third kappa shape index (κ3) is 4.83. The van der Waals surface area contributed by atoms with Crippen molar-refractivity contribution in [2.45, 2.75) is 13.2 Å². The highest BCUT2D eigenvalue weighted by Crippen LogP contribution is 2.00. The molecule has 6 heteroatoms. The lowest BCUT2D eigenvalue weighted by Crippen LogP contribution is -1.85. The van der Waals surface area contributed by atoms with Gasteiger partial charge in [0.2, 0.25) is 0 Å². The van der Waals surface area contributed by atoms with E-state index in [1.54, 1.807) is 12.1 Å². The van der Waals surface area contributed by atoms with Crippen molar-refractivity contribution < 1.29 is 10.2 Å². The summed E-state index contributed by atoms with van der Waals surface area (Å²) in [5, 5.41) is 34.0. The van der Waals surface area contributed by atoms with Gasteiger partial charge in [0.15, 0.2) is 0 Å². The van der Waals surface area contributed by atoms with Gasteiger partial charge in [-0.1, -0.05) is 0 Å². The van der Waals surface area contributed by atoms with Crippen LogP contribution in [0.4, 0.5) is 0 Å². The Balaban J connectivity index is 0.000000200. The molecule has 0 aliphatic rings. The predicted octanol–water partition coefficient (Wildman–Crippen LogP) is 0.891. The fraction of sp³-hybridized carbons (Fsp3) is 0.143. The molecule has 2 aromatic rings. The number of aliphatic hydroxyl groups is 2. The largest absolute Gasteiger partial charge is 0.392 e. The van der Waals surface area contributed by atoms with Crippen molar-refractivity contribution in [3.8, 4) is 12.1 Å². The number of hydrogen-bond acceptors (Lipinski definition) is 6. The lowest BCUT2D eigenvalue weighted by molar-refractivity contribution is 0.281. The number of nitriles is 2. The summed E-state index contributed by atoms with van der Waals surface area (Å²) in [6.07, 6.45) is 5.97. The second-order valence-corrected chi connectivity index (χ2v) is 3.70. The van der Waals surface area contributed by atoms with Crippen molar-refractivity contribution in [1.82, 2.24) is 9.97 Å². The van der Waals surface area contributed by atoms with Crippen molar-refractivity contribution in [3.05, 3.63) is 59.2 Å². The Morgan fingerprint density at radius 3 is 1.50 bits per heavy atom. The molecule has 20 heavy (non-hydrogen) atoms. The molecule has 2 N–H and O–H groups in total. The second-order valence-electron chi connectivity index (χ2n) is 3.70. The summed E-state index contributed by atoms with van der Waals surface area (Å²) < 4.78 is 0. The predicted molar refractivity (Wildman–Crippen MR) is 69.7 cm³/mol. The van der Waals surface area contributed by atoms with Crippen LogP contribution in [0.15, 0.2) is 36.9 Å². The molecule has 0 aliphatic heterocycles. The Kier molecular flexibility index (Phi) is 6.35. The first-order valence-electron chi connectivity index (χ1n) is 5.63. The second kappa shape index (κ2) is 8.33. The summed E-state index contributed by atoms with van der Waals surface area (Å²) in [6.45, 7) is -0.134. The fourth-order valence-electron chi connectivity index (χ4n) is 1.27. The van der Waals surface area contributed by atoms with Gasteiger partial charge in [-0.3, -0.25) is 9.97 Å². The van der Waals surface area contributed by atoms with Gasteiger partial charge in [0, 0.05) is 24.8 Å². The third-order valence-corrected chi connectivity index (χ3v) is 2.21. The van der Waals surface area contributed by atoms with Gasteiger partial charge in [-0.25, -0.2) is 0 Å². The lowest BCUT2D eigenvalue weighted by atomic mass is 10.2. The Hall–Kier alpha value is -2.80. The molecule has 0 bridgehead atoms. The highest BCUT2D eigenvalue weighted by Gasteiger charge is 1.92. The zero-order valence-electron chi connectivity index (χ0n) is 10.6. The summed E-state index contributed by atoms with van der Waals surface area (Å²) in [4.78, 5) is 7.49.